The van der Waals surface area contributed by atoms with Gasteiger partial charge in [-0.2, -0.15) is 0 Å². The van der Waals surface area contributed by atoms with Crippen LogP contribution < -0.4 is 10.1 Å². The highest BCUT2D eigenvalue weighted by atomic mass is 35.5. The average molecular weight is 298 g/mol. The Hall–Kier alpha value is -0.930. The number of phenolic OH excluding ortho intramolecular Hbond substituents is 1. The number of aromatic hydroxyl groups is 1. The van der Waals surface area contributed by atoms with Gasteiger partial charge in [-0.1, -0.05) is 30.9 Å². The molecule has 0 heterocycles. The Morgan fingerprint density at radius 2 is 2.05 bits per heavy atom. The summed E-state index contributed by atoms with van der Waals surface area (Å²) in [4.78, 5) is 0. The van der Waals surface area contributed by atoms with Gasteiger partial charge in [0.05, 0.1) is 7.11 Å². The number of halogens is 1. The zero-order chi connectivity index (χ0) is 14.5. The van der Waals surface area contributed by atoms with Gasteiger partial charge in [0, 0.05) is 29.2 Å². The molecule has 0 radical (unpaired) electrons. The van der Waals surface area contributed by atoms with Gasteiger partial charge in [0.2, 0.25) is 0 Å². The van der Waals surface area contributed by atoms with Crippen LogP contribution in [0.2, 0.25) is 5.02 Å². The third-order valence-electron chi connectivity index (χ3n) is 4.31. The zero-order valence-electron chi connectivity index (χ0n) is 12.3. The van der Waals surface area contributed by atoms with E-state index >= 15 is 0 Å². The predicted molar refractivity (Wildman–Crippen MR) is 82.5 cm³/mol. The van der Waals surface area contributed by atoms with Crippen LogP contribution in [-0.2, 0) is 6.54 Å². The van der Waals surface area contributed by atoms with E-state index in [1.54, 1.807) is 12.1 Å². The van der Waals surface area contributed by atoms with Gasteiger partial charge in [0.25, 0.3) is 0 Å². The average Bonchev–Trinajstić information content (AvgIpc) is 2.48. The maximum Gasteiger partial charge on any atom is 0.162 e. The fourth-order valence-electron chi connectivity index (χ4n) is 2.99. The van der Waals surface area contributed by atoms with Gasteiger partial charge < -0.3 is 15.2 Å². The van der Waals surface area contributed by atoms with Gasteiger partial charge >= 0.3 is 0 Å². The van der Waals surface area contributed by atoms with E-state index in [4.69, 9.17) is 16.3 Å². The summed E-state index contributed by atoms with van der Waals surface area (Å²) < 4.78 is 5.13. The first kappa shape index (κ1) is 15.5. The number of rotatable bonds is 5. The van der Waals surface area contributed by atoms with Crippen molar-refractivity contribution < 1.29 is 9.84 Å². The van der Waals surface area contributed by atoms with Crippen molar-refractivity contribution in [2.45, 2.75) is 51.6 Å². The van der Waals surface area contributed by atoms with Crippen LogP contribution in [0.4, 0.5) is 0 Å². The summed E-state index contributed by atoms with van der Waals surface area (Å²) in [7, 11) is 1.53. The number of phenols is 1. The first-order chi connectivity index (χ1) is 9.61. The molecule has 112 valence electrons. The maximum absolute atomic E-state index is 10.1. The molecular weight excluding hydrogens is 274 g/mol. The molecule has 1 saturated carbocycles. The van der Waals surface area contributed by atoms with E-state index in [-0.39, 0.29) is 5.75 Å². The second-order valence-electron chi connectivity index (χ2n) is 5.68. The van der Waals surface area contributed by atoms with Crippen molar-refractivity contribution in [3.05, 3.63) is 22.7 Å². The molecule has 1 aliphatic rings. The molecule has 4 heteroatoms. The first-order valence-electron chi connectivity index (χ1n) is 7.40. The quantitative estimate of drug-likeness (QED) is 0.859. The largest absolute Gasteiger partial charge is 0.504 e. The molecule has 1 aromatic rings. The van der Waals surface area contributed by atoms with Crippen LogP contribution in [0.3, 0.4) is 0 Å². The molecule has 2 rings (SSSR count). The van der Waals surface area contributed by atoms with E-state index in [1.165, 1.54) is 39.2 Å². The lowest BCUT2D eigenvalue weighted by molar-refractivity contribution is 0.279. The summed E-state index contributed by atoms with van der Waals surface area (Å²) in [6.45, 7) is 2.84. The summed E-state index contributed by atoms with van der Waals surface area (Å²) in [6, 6.07) is 3.88. The van der Waals surface area contributed by atoms with Crippen molar-refractivity contribution >= 4 is 11.6 Å². The minimum atomic E-state index is 0.181. The van der Waals surface area contributed by atoms with Crippen molar-refractivity contribution in [3.8, 4) is 11.5 Å². The maximum atomic E-state index is 10.1. The van der Waals surface area contributed by atoms with E-state index in [0.29, 0.717) is 23.4 Å². The first-order valence-corrected chi connectivity index (χ1v) is 7.78. The summed E-state index contributed by atoms with van der Waals surface area (Å²) in [6.07, 6.45) is 6.66. The van der Waals surface area contributed by atoms with Crippen LogP contribution in [0, 0.1) is 5.92 Å². The number of benzene rings is 1. The Labute approximate surface area is 126 Å². The Kier molecular flexibility index (Phi) is 5.55. The number of methoxy groups -OCH3 is 1. The minimum Gasteiger partial charge on any atom is -0.504 e. The Bertz CT molecular complexity index is 444. The van der Waals surface area contributed by atoms with Gasteiger partial charge in [0.1, 0.15) is 0 Å². The molecule has 0 bridgehead atoms. The SMILES string of the molecule is COc1cc(Cl)cc(CN[C@@H](C)C2CCCCC2)c1O. The third-order valence-corrected chi connectivity index (χ3v) is 4.53. The summed E-state index contributed by atoms with van der Waals surface area (Å²) in [5.74, 6) is 1.35. The zero-order valence-corrected chi connectivity index (χ0v) is 13.0. The Morgan fingerprint density at radius 1 is 1.35 bits per heavy atom. The minimum absolute atomic E-state index is 0.181. The fraction of sp³-hybridized carbons (Fsp3) is 0.625. The topological polar surface area (TPSA) is 41.5 Å². The van der Waals surface area contributed by atoms with Gasteiger partial charge in [-0.3, -0.25) is 0 Å². The molecule has 1 aliphatic carbocycles. The van der Waals surface area contributed by atoms with Crippen molar-refractivity contribution in [3.63, 3.8) is 0 Å². The van der Waals surface area contributed by atoms with Crippen LogP contribution >= 0.6 is 11.6 Å². The molecule has 20 heavy (non-hydrogen) atoms. The monoisotopic (exact) mass is 297 g/mol. The van der Waals surface area contributed by atoms with E-state index < -0.39 is 0 Å². The number of nitrogens with one attached hydrogen (secondary N) is 1. The second kappa shape index (κ2) is 7.19. The van der Waals surface area contributed by atoms with Gasteiger partial charge in [0.15, 0.2) is 11.5 Å². The predicted octanol–water partition coefficient (Wildman–Crippen LogP) is 4.11. The highest BCUT2D eigenvalue weighted by Crippen LogP contribution is 2.33. The summed E-state index contributed by atoms with van der Waals surface area (Å²) in [5, 5.41) is 14.2. The highest BCUT2D eigenvalue weighted by molar-refractivity contribution is 6.30. The molecule has 1 atom stereocenters. The summed E-state index contributed by atoms with van der Waals surface area (Å²) >= 11 is 6.05. The van der Waals surface area contributed by atoms with Crippen molar-refractivity contribution in [2.75, 3.05) is 7.11 Å². The highest BCUT2D eigenvalue weighted by Gasteiger charge is 2.20. The lowest BCUT2D eigenvalue weighted by Gasteiger charge is -2.28. The van der Waals surface area contributed by atoms with E-state index in [2.05, 4.69) is 12.2 Å². The van der Waals surface area contributed by atoms with Crippen LogP contribution in [0.5, 0.6) is 11.5 Å². The van der Waals surface area contributed by atoms with Crippen molar-refractivity contribution in [2.24, 2.45) is 5.92 Å². The molecule has 3 nitrogen and oxygen atoms in total. The molecule has 0 saturated heterocycles. The van der Waals surface area contributed by atoms with Crippen molar-refractivity contribution in [1.82, 2.24) is 5.32 Å². The number of ether oxygens (including phenoxy) is 1. The standard InChI is InChI=1S/C16H24ClNO2/c1-11(12-6-4-3-5-7-12)18-10-13-8-14(17)9-15(20-2)16(13)19/h8-9,11-12,18-19H,3-7,10H2,1-2H3/t11-/m0/s1. The Morgan fingerprint density at radius 3 is 2.70 bits per heavy atom. The second-order valence-corrected chi connectivity index (χ2v) is 6.12. The van der Waals surface area contributed by atoms with Gasteiger partial charge in [-0.25, -0.2) is 0 Å². The van der Waals surface area contributed by atoms with Crippen LogP contribution in [0.25, 0.3) is 0 Å². The molecule has 0 aliphatic heterocycles. The molecule has 0 aromatic heterocycles. The normalized spacial score (nSPS) is 17.9. The molecular formula is C16H24ClNO2. The van der Waals surface area contributed by atoms with Crippen LogP contribution in [-0.4, -0.2) is 18.3 Å². The molecule has 1 fully saturated rings. The van der Waals surface area contributed by atoms with E-state index in [9.17, 15) is 5.11 Å². The fourth-order valence-corrected chi connectivity index (χ4v) is 3.22. The number of hydrogen-bond acceptors (Lipinski definition) is 3. The van der Waals surface area contributed by atoms with E-state index in [1.807, 2.05) is 0 Å². The van der Waals surface area contributed by atoms with Crippen LogP contribution in [0.1, 0.15) is 44.6 Å². The smallest absolute Gasteiger partial charge is 0.162 e. The third kappa shape index (κ3) is 3.80. The van der Waals surface area contributed by atoms with Gasteiger partial charge in [-0.15, -0.1) is 0 Å². The Balaban J connectivity index is 1.97. The number of hydrogen-bond donors (Lipinski definition) is 2. The summed E-state index contributed by atoms with van der Waals surface area (Å²) in [5.41, 5.74) is 0.789. The lowest BCUT2D eigenvalue weighted by Crippen LogP contribution is -2.34. The molecule has 0 unspecified atom stereocenters. The van der Waals surface area contributed by atoms with Crippen molar-refractivity contribution in [1.29, 1.82) is 0 Å². The van der Waals surface area contributed by atoms with Gasteiger partial charge in [-0.05, 0) is 31.7 Å². The lowest BCUT2D eigenvalue weighted by atomic mass is 9.84. The van der Waals surface area contributed by atoms with E-state index in [0.717, 1.165) is 11.5 Å². The molecule has 0 amide bonds. The molecule has 1 aromatic carbocycles. The molecule has 0 spiro atoms. The van der Waals surface area contributed by atoms with Crippen LogP contribution in [0.15, 0.2) is 12.1 Å². The molecule has 2 N–H and O–H groups in total.